The van der Waals surface area contributed by atoms with E-state index in [2.05, 4.69) is 10.6 Å². The first-order valence-electron chi connectivity index (χ1n) is 5.90. The maximum Gasteiger partial charge on any atom is 0.418 e. The average molecular weight is 309 g/mol. The molecular weight excluding hydrogens is 295 g/mol. The lowest BCUT2D eigenvalue weighted by Gasteiger charge is -2.16. The van der Waals surface area contributed by atoms with Gasteiger partial charge in [-0.1, -0.05) is 0 Å². The number of hydrogen-bond acceptors (Lipinski definition) is 6. The first-order valence-corrected chi connectivity index (χ1v) is 5.90. The number of alkyl halides is 3. The molecule has 0 saturated carbocycles. The van der Waals surface area contributed by atoms with Crippen molar-refractivity contribution in [1.82, 2.24) is 0 Å². The number of nitrogens with zero attached hydrogens (tertiary/aromatic N) is 1. The number of nitro groups is 1. The number of aliphatic hydroxyl groups is 2. The Morgan fingerprint density at radius 1 is 1.10 bits per heavy atom. The molecule has 0 aliphatic carbocycles. The zero-order valence-electron chi connectivity index (χ0n) is 10.8. The minimum Gasteiger partial charge on any atom is -0.395 e. The Hall–Kier alpha value is -2.07. The van der Waals surface area contributed by atoms with E-state index in [9.17, 15) is 23.3 Å². The normalized spacial score (nSPS) is 11.3. The Bertz CT molecular complexity index is 508. The van der Waals surface area contributed by atoms with E-state index in [1.165, 1.54) is 0 Å². The van der Waals surface area contributed by atoms with E-state index in [0.29, 0.717) is 6.07 Å². The number of hydrogen-bond donors (Lipinski definition) is 4. The number of benzene rings is 1. The molecule has 10 heteroatoms. The monoisotopic (exact) mass is 309 g/mol. The van der Waals surface area contributed by atoms with Gasteiger partial charge in [-0.3, -0.25) is 10.1 Å². The second-order valence-corrected chi connectivity index (χ2v) is 3.97. The third kappa shape index (κ3) is 4.46. The van der Waals surface area contributed by atoms with Gasteiger partial charge in [0.1, 0.15) is 5.69 Å². The fourth-order valence-electron chi connectivity index (χ4n) is 1.64. The molecule has 0 spiro atoms. The molecule has 0 unspecified atom stereocenters. The van der Waals surface area contributed by atoms with Gasteiger partial charge in [0, 0.05) is 24.8 Å². The van der Waals surface area contributed by atoms with Crippen LogP contribution in [0.5, 0.6) is 0 Å². The van der Waals surface area contributed by atoms with Gasteiger partial charge in [-0.05, 0) is 6.07 Å². The molecule has 0 saturated heterocycles. The van der Waals surface area contributed by atoms with Crippen LogP contribution in [0.25, 0.3) is 0 Å². The molecule has 21 heavy (non-hydrogen) atoms. The Balaban J connectivity index is 3.34. The zero-order chi connectivity index (χ0) is 16.0. The van der Waals surface area contributed by atoms with Crippen molar-refractivity contribution < 1.29 is 28.3 Å². The van der Waals surface area contributed by atoms with Gasteiger partial charge in [0.2, 0.25) is 0 Å². The molecule has 0 amide bonds. The predicted molar refractivity (Wildman–Crippen MR) is 69.2 cm³/mol. The minimum atomic E-state index is -4.78. The van der Waals surface area contributed by atoms with Crippen LogP contribution in [0.4, 0.5) is 30.2 Å². The van der Waals surface area contributed by atoms with Gasteiger partial charge in [0.05, 0.1) is 23.7 Å². The van der Waals surface area contributed by atoms with E-state index in [1.54, 1.807) is 0 Å². The molecule has 0 fully saturated rings. The second-order valence-electron chi connectivity index (χ2n) is 3.97. The van der Waals surface area contributed by atoms with Crippen molar-refractivity contribution in [3.8, 4) is 0 Å². The number of nitro benzene ring substituents is 1. The van der Waals surface area contributed by atoms with Crippen LogP contribution >= 0.6 is 0 Å². The summed E-state index contributed by atoms with van der Waals surface area (Å²) in [5, 5.41) is 33.1. The van der Waals surface area contributed by atoms with Crippen LogP contribution in [0.3, 0.4) is 0 Å². The van der Waals surface area contributed by atoms with E-state index in [0.717, 1.165) is 6.07 Å². The van der Waals surface area contributed by atoms with Crippen molar-refractivity contribution in [2.75, 3.05) is 36.9 Å². The Morgan fingerprint density at radius 2 is 1.62 bits per heavy atom. The molecule has 0 aliphatic rings. The smallest absolute Gasteiger partial charge is 0.395 e. The molecule has 0 bridgehead atoms. The van der Waals surface area contributed by atoms with E-state index >= 15 is 0 Å². The van der Waals surface area contributed by atoms with Gasteiger partial charge in [-0.2, -0.15) is 13.2 Å². The molecular formula is C11H14F3N3O4. The highest BCUT2D eigenvalue weighted by Gasteiger charge is 2.36. The zero-order valence-corrected chi connectivity index (χ0v) is 10.8. The van der Waals surface area contributed by atoms with Gasteiger partial charge in [0.15, 0.2) is 0 Å². The molecule has 0 radical (unpaired) electrons. The van der Waals surface area contributed by atoms with Crippen molar-refractivity contribution in [3.05, 3.63) is 27.8 Å². The van der Waals surface area contributed by atoms with Gasteiger partial charge in [-0.15, -0.1) is 0 Å². The van der Waals surface area contributed by atoms with E-state index in [-0.39, 0.29) is 31.1 Å². The highest BCUT2D eigenvalue weighted by Crippen LogP contribution is 2.40. The van der Waals surface area contributed by atoms with Gasteiger partial charge in [0.25, 0.3) is 5.69 Å². The SMILES string of the molecule is O=[N+]([O-])c1cc(C(F)(F)F)c(NCCO)cc1NCCO. The van der Waals surface area contributed by atoms with Crippen molar-refractivity contribution >= 4 is 17.1 Å². The lowest BCUT2D eigenvalue weighted by molar-refractivity contribution is -0.384. The summed E-state index contributed by atoms with van der Waals surface area (Å²) in [5.74, 6) is 0. The summed E-state index contributed by atoms with van der Waals surface area (Å²) in [6.45, 7) is -0.919. The maximum atomic E-state index is 12.9. The van der Waals surface area contributed by atoms with E-state index in [1.807, 2.05) is 0 Å². The summed E-state index contributed by atoms with van der Waals surface area (Å²) in [5.41, 5.74) is -2.48. The van der Waals surface area contributed by atoms with Crippen molar-refractivity contribution in [3.63, 3.8) is 0 Å². The molecule has 4 N–H and O–H groups in total. The van der Waals surface area contributed by atoms with Gasteiger partial charge < -0.3 is 20.8 Å². The van der Waals surface area contributed by atoms with Crippen LogP contribution in [0, 0.1) is 10.1 Å². The van der Waals surface area contributed by atoms with Crippen LogP contribution in [0.15, 0.2) is 12.1 Å². The van der Waals surface area contributed by atoms with Crippen LogP contribution < -0.4 is 10.6 Å². The Morgan fingerprint density at radius 3 is 2.05 bits per heavy atom. The van der Waals surface area contributed by atoms with Crippen LogP contribution in [-0.2, 0) is 6.18 Å². The first-order chi connectivity index (χ1) is 9.81. The highest BCUT2D eigenvalue weighted by molar-refractivity contribution is 5.72. The molecule has 118 valence electrons. The standard InChI is InChI=1S/C11H14F3N3O4/c12-11(13,14)7-5-10(17(20)21)9(16-2-4-19)6-8(7)15-1-3-18/h5-6,15-16,18-19H,1-4H2. The van der Waals surface area contributed by atoms with Crippen LogP contribution in [-0.4, -0.2) is 41.4 Å². The number of aliphatic hydroxyl groups excluding tert-OH is 2. The fourth-order valence-corrected chi connectivity index (χ4v) is 1.64. The average Bonchev–Trinajstić information content (AvgIpc) is 2.40. The molecule has 7 nitrogen and oxygen atoms in total. The summed E-state index contributed by atoms with van der Waals surface area (Å²) in [4.78, 5) is 9.93. The number of rotatable bonds is 7. The van der Waals surface area contributed by atoms with Crippen molar-refractivity contribution in [2.24, 2.45) is 0 Å². The summed E-state index contributed by atoms with van der Waals surface area (Å²) < 4.78 is 38.8. The highest BCUT2D eigenvalue weighted by atomic mass is 19.4. The van der Waals surface area contributed by atoms with Crippen molar-refractivity contribution in [1.29, 1.82) is 0 Å². The second kappa shape index (κ2) is 7.09. The molecule has 0 heterocycles. The molecule has 1 aromatic rings. The molecule has 0 atom stereocenters. The summed E-state index contributed by atoms with van der Waals surface area (Å²) >= 11 is 0. The lowest BCUT2D eigenvalue weighted by atomic mass is 10.1. The predicted octanol–water partition coefficient (Wildman–Crippen LogP) is 1.42. The quantitative estimate of drug-likeness (QED) is 0.448. The van der Waals surface area contributed by atoms with E-state index < -0.39 is 29.0 Å². The summed E-state index contributed by atoms with van der Waals surface area (Å²) in [6.07, 6.45) is -4.78. The summed E-state index contributed by atoms with van der Waals surface area (Å²) in [6, 6.07) is 1.35. The number of nitrogens with one attached hydrogen (secondary N) is 2. The van der Waals surface area contributed by atoms with E-state index in [4.69, 9.17) is 10.2 Å². The summed E-state index contributed by atoms with van der Waals surface area (Å²) in [7, 11) is 0. The van der Waals surface area contributed by atoms with Crippen molar-refractivity contribution in [2.45, 2.75) is 6.18 Å². The molecule has 1 rings (SSSR count). The van der Waals surface area contributed by atoms with Gasteiger partial charge >= 0.3 is 6.18 Å². The maximum absolute atomic E-state index is 12.9. The number of halogens is 3. The third-order valence-electron chi connectivity index (χ3n) is 2.49. The number of anilines is 2. The van der Waals surface area contributed by atoms with Gasteiger partial charge in [-0.25, -0.2) is 0 Å². The third-order valence-corrected chi connectivity index (χ3v) is 2.49. The molecule has 0 aromatic heterocycles. The largest absolute Gasteiger partial charge is 0.418 e. The Kier molecular flexibility index (Phi) is 5.73. The minimum absolute atomic E-state index is 0.0500. The fraction of sp³-hybridized carbons (Fsp3) is 0.455. The molecule has 0 aliphatic heterocycles. The topological polar surface area (TPSA) is 108 Å². The molecule has 1 aromatic carbocycles. The lowest BCUT2D eigenvalue weighted by Crippen LogP contribution is -2.15. The van der Waals surface area contributed by atoms with Crippen LogP contribution in [0.2, 0.25) is 0 Å². The Labute approximate surface area is 117 Å². The first kappa shape index (κ1) is 17.0. The van der Waals surface area contributed by atoms with Crippen LogP contribution in [0.1, 0.15) is 5.56 Å².